The van der Waals surface area contributed by atoms with E-state index < -0.39 is 9.84 Å². The molecule has 3 heterocycles. The molecule has 136 valence electrons. The topological polar surface area (TPSA) is 89.6 Å². The molecular formula is C16H15N3O4S3. The monoisotopic (exact) mass is 409 g/mol. The largest absolute Gasteiger partial charge is 0.486 e. The lowest BCUT2D eigenvalue weighted by molar-refractivity contribution is 0.171. The second kappa shape index (κ2) is 6.86. The first-order chi connectivity index (χ1) is 12.5. The van der Waals surface area contributed by atoms with Crippen LogP contribution in [-0.4, -0.2) is 43.2 Å². The van der Waals surface area contributed by atoms with Crippen LogP contribution in [0.15, 0.2) is 35.4 Å². The number of nitrogens with zero attached hydrogens (tertiary/aromatic N) is 1. The van der Waals surface area contributed by atoms with Gasteiger partial charge in [0.25, 0.3) is 0 Å². The molecule has 1 aromatic carbocycles. The van der Waals surface area contributed by atoms with E-state index in [1.54, 1.807) is 6.08 Å². The molecule has 10 heteroatoms. The third-order valence-electron chi connectivity index (χ3n) is 3.80. The van der Waals surface area contributed by atoms with Gasteiger partial charge in [-0.05, 0) is 36.5 Å². The first-order valence-corrected chi connectivity index (χ1v) is 10.9. The quantitative estimate of drug-likeness (QED) is 0.746. The van der Waals surface area contributed by atoms with Crippen LogP contribution >= 0.6 is 23.6 Å². The summed E-state index contributed by atoms with van der Waals surface area (Å²) in [4.78, 5) is 4.52. The molecule has 0 radical (unpaired) electrons. The lowest BCUT2D eigenvalue weighted by Gasteiger charge is -2.18. The van der Waals surface area contributed by atoms with Crippen molar-refractivity contribution < 1.29 is 17.9 Å². The van der Waals surface area contributed by atoms with Crippen molar-refractivity contribution in [3.8, 4) is 22.8 Å². The summed E-state index contributed by atoms with van der Waals surface area (Å²) in [5.41, 5.74) is 2.30. The van der Waals surface area contributed by atoms with Crippen LogP contribution in [0.4, 0.5) is 5.13 Å². The molecule has 0 unspecified atom stereocenters. The Bertz CT molecular complexity index is 998. The van der Waals surface area contributed by atoms with Crippen LogP contribution < -0.4 is 20.1 Å². The number of anilines is 1. The standard InChI is InChI=1S/C16H15N3O4S3/c20-26(21)6-3-11(9-26)17-15(24)19-16-18-12(8-25-16)10-1-2-13-14(7-10)23-5-4-22-13/h1-3,7-8H,4-6,9H2,(H2,17,18,19,24). The van der Waals surface area contributed by atoms with Gasteiger partial charge < -0.3 is 20.1 Å². The zero-order valence-corrected chi connectivity index (χ0v) is 16.0. The number of thiazole rings is 1. The minimum absolute atomic E-state index is 0.0187. The molecule has 2 aromatic rings. The van der Waals surface area contributed by atoms with Crippen LogP contribution in [0.1, 0.15) is 0 Å². The van der Waals surface area contributed by atoms with Gasteiger partial charge >= 0.3 is 0 Å². The van der Waals surface area contributed by atoms with Gasteiger partial charge in [-0.3, -0.25) is 0 Å². The summed E-state index contributed by atoms with van der Waals surface area (Å²) < 4.78 is 34.0. The number of fused-ring (bicyclic) bond motifs is 1. The summed E-state index contributed by atoms with van der Waals surface area (Å²) in [6.45, 7) is 1.09. The molecule has 0 fully saturated rings. The third kappa shape index (κ3) is 3.81. The highest BCUT2D eigenvalue weighted by molar-refractivity contribution is 7.92. The first kappa shape index (κ1) is 17.3. The summed E-state index contributed by atoms with van der Waals surface area (Å²) in [7, 11) is -3.03. The Morgan fingerprint density at radius 3 is 2.77 bits per heavy atom. The molecule has 0 bridgehead atoms. The number of aromatic nitrogens is 1. The molecule has 0 spiro atoms. The van der Waals surface area contributed by atoms with Crippen molar-refractivity contribution in [2.45, 2.75) is 0 Å². The van der Waals surface area contributed by atoms with Crippen molar-refractivity contribution in [2.75, 3.05) is 30.0 Å². The molecule has 2 aliphatic rings. The smallest absolute Gasteiger partial charge is 0.189 e. The number of rotatable bonds is 3. The number of nitrogens with one attached hydrogen (secondary N) is 2. The number of ether oxygens (including phenoxy) is 2. The van der Waals surface area contributed by atoms with Crippen LogP contribution in [0, 0.1) is 0 Å². The number of hydrogen-bond donors (Lipinski definition) is 2. The Kier molecular flexibility index (Phi) is 4.55. The zero-order valence-electron chi connectivity index (χ0n) is 13.5. The van der Waals surface area contributed by atoms with Crippen molar-refractivity contribution >= 4 is 43.6 Å². The van der Waals surface area contributed by atoms with E-state index in [1.165, 1.54) is 11.3 Å². The van der Waals surface area contributed by atoms with E-state index in [0.29, 0.717) is 34.9 Å². The molecule has 0 saturated carbocycles. The summed E-state index contributed by atoms with van der Waals surface area (Å²) in [5.74, 6) is 1.47. The molecule has 26 heavy (non-hydrogen) atoms. The second-order valence-corrected chi connectivity index (χ2v) is 9.13. The van der Waals surface area contributed by atoms with Crippen LogP contribution in [0.2, 0.25) is 0 Å². The van der Waals surface area contributed by atoms with Gasteiger partial charge in [-0.2, -0.15) is 0 Å². The third-order valence-corrected chi connectivity index (χ3v) is 6.18. The van der Waals surface area contributed by atoms with Crippen molar-refractivity contribution in [3.05, 3.63) is 35.4 Å². The Morgan fingerprint density at radius 1 is 1.19 bits per heavy atom. The number of hydrogen-bond acceptors (Lipinski definition) is 7. The maximum Gasteiger partial charge on any atom is 0.189 e. The van der Waals surface area contributed by atoms with Crippen LogP contribution in [0.3, 0.4) is 0 Å². The van der Waals surface area contributed by atoms with Crippen molar-refractivity contribution in [3.63, 3.8) is 0 Å². The number of benzene rings is 1. The van der Waals surface area contributed by atoms with Gasteiger partial charge in [0, 0.05) is 16.6 Å². The van der Waals surface area contributed by atoms with E-state index in [2.05, 4.69) is 15.6 Å². The number of thiocarbonyl (C=S) groups is 1. The Hall–Kier alpha value is -2.17. The summed E-state index contributed by atoms with van der Waals surface area (Å²) in [6, 6.07) is 5.70. The van der Waals surface area contributed by atoms with Gasteiger partial charge in [0.05, 0.1) is 17.2 Å². The number of sulfone groups is 1. The fourth-order valence-corrected chi connectivity index (χ4v) is 4.86. The summed E-state index contributed by atoms with van der Waals surface area (Å²) >= 11 is 6.63. The normalized spacial score (nSPS) is 17.5. The molecule has 1 aromatic heterocycles. The highest BCUT2D eigenvalue weighted by atomic mass is 32.2. The second-order valence-electron chi connectivity index (χ2n) is 5.76. The molecule has 0 amide bonds. The van der Waals surface area contributed by atoms with Crippen LogP contribution in [0.5, 0.6) is 11.5 Å². The molecular weight excluding hydrogens is 394 g/mol. The van der Waals surface area contributed by atoms with Gasteiger partial charge in [-0.1, -0.05) is 0 Å². The van der Waals surface area contributed by atoms with Crippen molar-refractivity contribution in [1.82, 2.24) is 10.3 Å². The lowest BCUT2D eigenvalue weighted by Crippen LogP contribution is -2.28. The highest BCUT2D eigenvalue weighted by Gasteiger charge is 2.20. The first-order valence-electron chi connectivity index (χ1n) is 7.81. The molecule has 2 aliphatic heterocycles. The minimum Gasteiger partial charge on any atom is -0.486 e. The Balaban J connectivity index is 1.42. The lowest BCUT2D eigenvalue weighted by atomic mass is 10.1. The van der Waals surface area contributed by atoms with E-state index in [4.69, 9.17) is 21.7 Å². The molecule has 0 aliphatic carbocycles. The van der Waals surface area contributed by atoms with Gasteiger partial charge in [0.2, 0.25) is 0 Å². The molecule has 2 N–H and O–H groups in total. The molecule has 7 nitrogen and oxygen atoms in total. The SMILES string of the molecule is O=S1(=O)CC=C(NC(=S)Nc2nc(-c3ccc4c(c3)OCCO4)cs2)C1. The zero-order chi connectivity index (χ0) is 18.1. The molecule has 0 saturated heterocycles. The maximum atomic E-state index is 11.5. The van der Waals surface area contributed by atoms with Gasteiger partial charge in [0.15, 0.2) is 31.6 Å². The average molecular weight is 410 g/mol. The summed E-state index contributed by atoms with van der Waals surface area (Å²) in [5, 5.41) is 8.74. The molecule has 0 atom stereocenters. The highest BCUT2D eigenvalue weighted by Crippen LogP contribution is 2.35. The van der Waals surface area contributed by atoms with Crippen LogP contribution in [-0.2, 0) is 9.84 Å². The fraction of sp³-hybridized carbons (Fsp3) is 0.250. The van der Waals surface area contributed by atoms with Gasteiger partial charge in [-0.25, -0.2) is 13.4 Å². The Morgan fingerprint density at radius 2 is 2.00 bits per heavy atom. The fourth-order valence-electron chi connectivity index (χ4n) is 2.61. The minimum atomic E-state index is -3.03. The van der Waals surface area contributed by atoms with E-state index in [-0.39, 0.29) is 11.5 Å². The maximum absolute atomic E-state index is 11.5. The Labute approximate surface area is 160 Å². The van der Waals surface area contributed by atoms with Crippen molar-refractivity contribution in [1.29, 1.82) is 0 Å². The van der Waals surface area contributed by atoms with Gasteiger partial charge in [0.1, 0.15) is 13.2 Å². The van der Waals surface area contributed by atoms with Crippen molar-refractivity contribution in [2.24, 2.45) is 0 Å². The summed E-state index contributed by atoms with van der Waals surface area (Å²) in [6.07, 6.45) is 1.63. The molecule has 4 rings (SSSR count). The van der Waals surface area contributed by atoms with Gasteiger partial charge in [-0.15, -0.1) is 11.3 Å². The van der Waals surface area contributed by atoms with E-state index >= 15 is 0 Å². The predicted molar refractivity (Wildman–Crippen MR) is 105 cm³/mol. The predicted octanol–water partition coefficient (Wildman–Crippen LogP) is 2.18. The van der Waals surface area contributed by atoms with Crippen LogP contribution in [0.25, 0.3) is 11.3 Å². The van der Waals surface area contributed by atoms with E-state index in [1.807, 2.05) is 23.6 Å². The average Bonchev–Trinajstić information content (AvgIpc) is 3.20. The van der Waals surface area contributed by atoms with E-state index in [0.717, 1.165) is 17.0 Å². The van der Waals surface area contributed by atoms with E-state index in [9.17, 15) is 8.42 Å².